The van der Waals surface area contributed by atoms with Crippen molar-refractivity contribution in [1.29, 1.82) is 0 Å². The SMILES string of the molecule is COCCC(=O)Nc1nc(C(=O)OC)c(O)c2ncc(Cc3ccc(F)cc3)cc12. The first-order valence-corrected chi connectivity index (χ1v) is 9.06. The third kappa shape index (κ3) is 4.69. The van der Waals surface area contributed by atoms with E-state index in [1.165, 1.54) is 25.4 Å². The van der Waals surface area contributed by atoms with Crippen molar-refractivity contribution >= 4 is 28.6 Å². The monoisotopic (exact) mass is 413 g/mol. The minimum Gasteiger partial charge on any atom is -0.504 e. The van der Waals surface area contributed by atoms with Gasteiger partial charge in [-0.15, -0.1) is 0 Å². The van der Waals surface area contributed by atoms with Crippen molar-refractivity contribution < 1.29 is 28.6 Å². The van der Waals surface area contributed by atoms with E-state index >= 15 is 0 Å². The highest BCUT2D eigenvalue weighted by molar-refractivity contribution is 6.05. The molecule has 8 nitrogen and oxygen atoms in total. The molecule has 0 fully saturated rings. The van der Waals surface area contributed by atoms with E-state index in [4.69, 9.17) is 4.74 Å². The number of methoxy groups -OCH3 is 2. The maximum atomic E-state index is 13.1. The quantitative estimate of drug-likeness (QED) is 0.573. The Morgan fingerprint density at radius 3 is 2.57 bits per heavy atom. The van der Waals surface area contributed by atoms with Crippen LogP contribution in [-0.2, 0) is 20.7 Å². The van der Waals surface area contributed by atoms with Gasteiger partial charge in [-0.1, -0.05) is 12.1 Å². The molecule has 2 heterocycles. The Bertz CT molecular complexity index is 1090. The van der Waals surface area contributed by atoms with Crippen LogP contribution < -0.4 is 5.32 Å². The smallest absolute Gasteiger partial charge is 0.360 e. The molecular formula is C21H20FN3O5. The van der Waals surface area contributed by atoms with Gasteiger partial charge in [-0.05, 0) is 35.7 Å². The number of ether oxygens (including phenoxy) is 2. The van der Waals surface area contributed by atoms with E-state index in [0.29, 0.717) is 11.8 Å². The number of nitrogens with one attached hydrogen (secondary N) is 1. The molecule has 0 saturated carbocycles. The number of aromatic hydroxyl groups is 1. The number of hydrogen-bond donors (Lipinski definition) is 2. The Hall–Kier alpha value is -3.59. The zero-order chi connectivity index (χ0) is 21.7. The summed E-state index contributed by atoms with van der Waals surface area (Å²) in [6, 6.07) is 7.74. The number of anilines is 1. The summed E-state index contributed by atoms with van der Waals surface area (Å²) in [5, 5.41) is 13.4. The van der Waals surface area contributed by atoms with Crippen molar-refractivity contribution in [2.75, 3.05) is 26.1 Å². The van der Waals surface area contributed by atoms with E-state index in [2.05, 4.69) is 20.0 Å². The second-order valence-electron chi connectivity index (χ2n) is 6.48. The Morgan fingerprint density at radius 2 is 1.90 bits per heavy atom. The second kappa shape index (κ2) is 9.27. The van der Waals surface area contributed by atoms with Crippen molar-refractivity contribution in [2.24, 2.45) is 0 Å². The maximum absolute atomic E-state index is 13.1. The highest BCUT2D eigenvalue weighted by Crippen LogP contribution is 2.32. The number of esters is 1. The largest absolute Gasteiger partial charge is 0.504 e. The molecule has 30 heavy (non-hydrogen) atoms. The predicted octanol–water partition coefficient (Wildman–Crippen LogP) is 2.83. The van der Waals surface area contributed by atoms with Gasteiger partial charge in [-0.3, -0.25) is 9.78 Å². The molecule has 0 saturated heterocycles. The van der Waals surface area contributed by atoms with Crippen LogP contribution in [0.4, 0.5) is 10.2 Å². The molecule has 0 aliphatic heterocycles. The van der Waals surface area contributed by atoms with E-state index in [9.17, 15) is 19.1 Å². The summed E-state index contributed by atoms with van der Waals surface area (Å²) in [7, 11) is 2.63. The second-order valence-corrected chi connectivity index (χ2v) is 6.48. The summed E-state index contributed by atoms with van der Waals surface area (Å²) < 4.78 is 22.7. The molecule has 0 bridgehead atoms. The molecule has 2 aromatic heterocycles. The lowest BCUT2D eigenvalue weighted by atomic mass is 10.0. The molecule has 3 aromatic rings. The lowest BCUT2D eigenvalue weighted by Gasteiger charge is -2.13. The van der Waals surface area contributed by atoms with E-state index in [1.54, 1.807) is 18.2 Å². The van der Waals surface area contributed by atoms with Crippen molar-refractivity contribution in [1.82, 2.24) is 9.97 Å². The molecule has 9 heteroatoms. The number of benzene rings is 1. The number of carbonyl (C=O) groups excluding carboxylic acids is 2. The first-order chi connectivity index (χ1) is 14.4. The van der Waals surface area contributed by atoms with Crippen molar-refractivity contribution in [3.05, 3.63) is 59.2 Å². The summed E-state index contributed by atoms with van der Waals surface area (Å²) in [5.41, 5.74) is 1.33. The fourth-order valence-electron chi connectivity index (χ4n) is 2.87. The molecule has 1 aromatic carbocycles. The minimum atomic E-state index is -0.862. The Balaban J connectivity index is 2.05. The number of pyridine rings is 2. The number of hydrogen-bond acceptors (Lipinski definition) is 7. The zero-order valence-electron chi connectivity index (χ0n) is 16.4. The highest BCUT2D eigenvalue weighted by atomic mass is 19.1. The fourth-order valence-corrected chi connectivity index (χ4v) is 2.87. The first-order valence-electron chi connectivity index (χ1n) is 9.06. The normalized spacial score (nSPS) is 10.8. The van der Waals surface area contributed by atoms with E-state index < -0.39 is 11.7 Å². The van der Waals surface area contributed by atoms with Crippen LogP contribution in [0.2, 0.25) is 0 Å². The van der Waals surface area contributed by atoms with Gasteiger partial charge in [0.1, 0.15) is 17.2 Å². The van der Waals surface area contributed by atoms with Gasteiger partial charge in [0.15, 0.2) is 11.4 Å². The van der Waals surface area contributed by atoms with Gasteiger partial charge in [0, 0.05) is 18.7 Å². The number of rotatable bonds is 7. The third-order valence-electron chi connectivity index (χ3n) is 4.36. The number of fused-ring (bicyclic) bond motifs is 1. The molecule has 0 atom stereocenters. The summed E-state index contributed by atoms with van der Waals surface area (Å²) in [4.78, 5) is 32.5. The van der Waals surface area contributed by atoms with Gasteiger partial charge >= 0.3 is 5.97 Å². The predicted molar refractivity (Wildman–Crippen MR) is 107 cm³/mol. The zero-order valence-corrected chi connectivity index (χ0v) is 16.4. The van der Waals surface area contributed by atoms with Gasteiger partial charge in [-0.2, -0.15) is 0 Å². The van der Waals surface area contributed by atoms with Gasteiger partial charge in [0.25, 0.3) is 0 Å². The molecular weight excluding hydrogens is 393 g/mol. The fraction of sp³-hybridized carbons (Fsp3) is 0.238. The van der Waals surface area contributed by atoms with Gasteiger partial charge in [-0.25, -0.2) is 14.2 Å². The topological polar surface area (TPSA) is 111 Å². The summed E-state index contributed by atoms with van der Waals surface area (Å²) >= 11 is 0. The molecule has 0 spiro atoms. The number of halogens is 1. The number of carbonyl (C=O) groups is 2. The number of nitrogens with zero attached hydrogens (tertiary/aromatic N) is 2. The Labute approximate surface area is 171 Å². The molecule has 0 aliphatic rings. The van der Waals surface area contributed by atoms with E-state index in [1.807, 2.05) is 0 Å². The van der Waals surface area contributed by atoms with Crippen LogP contribution in [0.5, 0.6) is 5.75 Å². The van der Waals surface area contributed by atoms with Gasteiger partial charge in [0.05, 0.1) is 20.1 Å². The lowest BCUT2D eigenvalue weighted by molar-refractivity contribution is -0.117. The van der Waals surface area contributed by atoms with Crippen molar-refractivity contribution in [2.45, 2.75) is 12.8 Å². The molecule has 0 unspecified atom stereocenters. The molecule has 2 N–H and O–H groups in total. The molecule has 1 amide bonds. The highest BCUT2D eigenvalue weighted by Gasteiger charge is 2.22. The Kier molecular flexibility index (Phi) is 6.53. The average Bonchev–Trinajstić information content (AvgIpc) is 2.75. The minimum absolute atomic E-state index is 0.0674. The third-order valence-corrected chi connectivity index (χ3v) is 4.36. The van der Waals surface area contributed by atoms with Crippen LogP contribution in [0.3, 0.4) is 0 Å². The van der Waals surface area contributed by atoms with Crippen LogP contribution in [-0.4, -0.2) is 47.8 Å². The Morgan fingerprint density at radius 1 is 1.17 bits per heavy atom. The van der Waals surface area contributed by atoms with Crippen LogP contribution in [0, 0.1) is 5.82 Å². The van der Waals surface area contributed by atoms with Crippen molar-refractivity contribution in [3.63, 3.8) is 0 Å². The van der Waals surface area contributed by atoms with Crippen LogP contribution in [0.1, 0.15) is 28.0 Å². The standard InChI is InChI=1S/C21H20FN3O5/c1-29-8-7-16(26)24-20-15-10-13(9-12-3-5-14(22)6-4-12)11-23-17(15)19(27)18(25-20)21(28)30-2/h3-6,10-11,27H,7-9H2,1-2H3,(H,24,25,26). The summed E-state index contributed by atoms with van der Waals surface area (Å²) in [6.45, 7) is 0.208. The average molecular weight is 413 g/mol. The van der Waals surface area contributed by atoms with Crippen LogP contribution >= 0.6 is 0 Å². The summed E-state index contributed by atoms with van der Waals surface area (Å²) in [6.07, 6.45) is 2.06. The molecule has 156 valence electrons. The number of aromatic nitrogens is 2. The summed E-state index contributed by atoms with van der Waals surface area (Å²) in [5.74, 6) is -1.95. The van der Waals surface area contributed by atoms with E-state index in [0.717, 1.165) is 18.2 Å². The number of amides is 1. The van der Waals surface area contributed by atoms with Gasteiger partial charge < -0.3 is 19.9 Å². The van der Waals surface area contributed by atoms with E-state index in [-0.39, 0.29) is 41.8 Å². The molecule has 0 radical (unpaired) electrons. The van der Waals surface area contributed by atoms with Crippen LogP contribution in [0.15, 0.2) is 36.5 Å². The van der Waals surface area contributed by atoms with Crippen molar-refractivity contribution in [3.8, 4) is 5.75 Å². The first kappa shape index (κ1) is 21.1. The van der Waals surface area contributed by atoms with Gasteiger partial charge in [0.2, 0.25) is 5.91 Å². The molecule has 3 rings (SSSR count). The van der Waals surface area contributed by atoms with Crippen LogP contribution in [0.25, 0.3) is 10.9 Å². The lowest BCUT2D eigenvalue weighted by Crippen LogP contribution is -2.17. The molecule has 0 aliphatic carbocycles. The maximum Gasteiger partial charge on any atom is 0.360 e.